The van der Waals surface area contributed by atoms with Crippen molar-refractivity contribution in [2.75, 3.05) is 0 Å². The molecule has 4 aromatic carbocycles. The SMILES string of the molecule is CCn1c2ccccc2c2cc([P@](=Nc3cc([N+](=O)[O-])ccc3Br)(Oc3ccccc3)C(C)(C)C)ccc21. The molecule has 0 fully saturated rings. The summed E-state index contributed by atoms with van der Waals surface area (Å²) in [7, 11) is -2.87. The zero-order valence-electron chi connectivity index (χ0n) is 21.8. The number of benzene rings is 4. The largest absolute Gasteiger partial charge is 0.455 e. The van der Waals surface area contributed by atoms with Crippen LogP contribution in [-0.4, -0.2) is 14.6 Å². The number of non-ortho nitro benzene ring substituents is 1. The molecular formula is C30H29BrN3O3P. The number of hydrogen-bond donors (Lipinski definition) is 0. The van der Waals surface area contributed by atoms with E-state index >= 15 is 0 Å². The lowest BCUT2D eigenvalue weighted by molar-refractivity contribution is -0.384. The normalized spacial score (nSPS) is 13.4. The van der Waals surface area contributed by atoms with Crippen molar-refractivity contribution < 1.29 is 9.45 Å². The minimum Gasteiger partial charge on any atom is -0.455 e. The van der Waals surface area contributed by atoms with Gasteiger partial charge in [0.15, 0.2) is 7.28 Å². The Hall–Kier alpha value is -3.41. The first kappa shape index (κ1) is 26.2. The van der Waals surface area contributed by atoms with E-state index in [2.05, 4.69) is 90.7 Å². The maximum absolute atomic E-state index is 11.6. The molecule has 1 atom stereocenters. The van der Waals surface area contributed by atoms with Crippen LogP contribution in [0, 0.1) is 10.1 Å². The molecule has 0 spiro atoms. The third kappa shape index (κ3) is 4.55. The molecule has 0 saturated heterocycles. The van der Waals surface area contributed by atoms with Gasteiger partial charge in [0.1, 0.15) is 5.75 Å². The van der Waals surface area contributed by atoms with E-state index in [1.54, 1.807) is 6.07 Å². The van der Waals surface area contributed by atoms with Gasteiger partial charge in [-0.15, -0.1) is 0 Å². The van der Waals surface area contributed by atoms with Gasteiger partial charge < -0.3 is 9.09 Å². The lowest BCUT2D eigenvalue weighted by Gasteiger charge is -2.37. The summed E-state index contributed by atoms with van der Waals surface area (Å²) in [5.74, 6) is 0.706. The minimum atomic E-state index is -2.87. The number of nitro benzene ring substituents is 1. The van der Waals surface area contributed by atoms with Crippen LogP contribution < -0.4 is 9.83 Å². The van der Waals surface area contributed by atoms with Gasteiger partial charge in [0, 0.05) is 55.4 Å². The number of fused-ring (bicyclic) bond motifs is 3. The van der Waals surface area contributed by atoms with Crippen LogP contribution in [0.1, 0.15) is 27.7 Å². The van der Waals surface area contributed by atoms with E-state index in [4.69, 9.17) is 9.27 Å². The third-order valence-corrected chi connectivity index (χ3v) is 11.1. The maximum Gasteiger partial charge on any atom is 0.271 e. The molecule has 0 aliphatic rings. The van der Waals surface area contributed by atoms with Gasteiger partial charge in [-0.25, -0.2) is 4.74 Å². The van der Waals surface area contributed by atoms with E-state index < -0.39 is 17.4 Å². The van der Waals surface area contributed by atoms with Gasteiger partial charge in [0.25, 0.3) is 5.69 Å². The summed E-state index contributed by atoms with van der Waals surface area (Å²) in [6.07, 6.45) is 0. The smallest absolute Gasteiger partial charge is 0.271 e. The molecule has 0 saturated carbocycles. The van der Waals surface area contributed by atoms with Crippen LogP contribution in [0.3, 0.4) is 0 Å². The number of rotatable bonds is 6. The van der Waals surface area contributed by atoms with Crippen molar-refractivity contribution in [3.05, 3.63) is 106 Å². The minimum absolute atomic E-state index is 0.0138. The summed E-state index contributed by atoms with van der Waals surface area (Å²) in [4.78, 5) is 11.2. The molecule has 0 aliphatic heterocycles. The van der Waals surface area contributed by atoms with Crippen molar-refractivity contribution >= 4 is 61.7 Å². The number of nitro groups is 1. The fourth-order valence-electron chi connectivity index (χ4n) is 4.85. The Bertz CT molecular complexity index is 1720. The molecule has 194 valence electrons. The number of aryl methyl sites for hydroxylation is 1. The molecule has 0 aliphatic carbocycles. The van der Waals surface area contributed by atoms with E-state index in [0.29, 0.717) is 15.9 Å². The average Bonchev–Trinajstić information content (AvgIpc) is 3.22. The maximum atomic E-state index is 11.6. The van der Waals surface area contributed by atoms with Gasteiger partial charge in [-0.2, -0.15) is 0 Å². The second kappa shape index (κ2) is 10.0. The lowest BCUT2D eigenvalue weighted by atomic mass is 10.1. The predicted octanol–water partition coefficient (Wildman–Crippen LogP) is 9.44. The van der Waals surface area contributed by atoms with Gasteiger partial charge in [0.05, 0.1) is 10.6 Å². The molecule has 0 N–H and O–H groups in total. The van der Waals surface area contributed by atoms with Crippen molar-refractivity contribution in [2.45, 2.75) is 39.4 Å². The van der Waals surface area contributed by atoms with Gasteiger partial charge in [0.2, 0.25) is 0 Å². The van der Waals surface area contributed by atoms with Crippen molar-refractivity contribution in [2.24, 2.45) is 4.74 Å². The van der Waals surface area contributed by atoms with Crippen LogP contribution in [0.4, 0.5) is 11.4 Å². The Balaban J connectivity index is 1.88. The summed E-state index contributed by atoms with van der Waals surface area (Å²) in [5.41, 5.74) is 2.82. The van der Waals surface area contributed by atoms with Gasteiger partial charge in [-0.1, -0.05) is 57.2 Å². The van der Waals surface area contributed by atoms with Crippen LogP contribution in [0.25, 0.3) is 21.8 Å². The average molecular weight is 590 g/mol. The Kier molecular flexibility index (Phi) is 6.93. The van der Waals surface area contributed by atoms with Crippen LogP contribution >= 0.6 is 23.2 Å². The van der Waals surface area contributed by atoms with Crippen LogP contribution in [0.5, 0.6) is 5.75 Å². The highest BCUT2D eigenvalue weighted by molar-refractivity contribution is 9.10. The van der Waals surface area contributed by atoms with Crippen LogP contribution in [-0.2, 0) is 6.54 Å². The predicted molar refractivity (Wildman–Crippen MR) is 161 cm³/mol. The van der Waals surface area contributed by atoms with E-state index in [1.165, 1.54) is 23.0 Å². The molecule has 1 aromatic heterocycles. The summed E-state index contributed by atoms with van der Waals surface area (Å²) in [5, 5.41) is 14.5. The zero-order chi connectivity index (χ0) is 27.1. The van der Waals surface area contributed by atoms with Crippen molar-refractivity contribution in [1.29, 1.82) is 0 Å². The molecule has 38 heavy (non-hydrogen) atoms. The first-order chi connectivity index (χ1) is 18.1. The number of halogens is 1. The van der Waals surface area contributed by atoms with Crippen LogP contribution in [0.2, 0.25) is 0 Å². The van der Waals surface area contributed by atoms with Crippen molar-refractivity contribution in [1.82, 2.24) is 4.57 Å². The molecule has 6 nitrogen and oxygen atoms in total. The highest BCUT2D eigenvalue weighted by atomic mass is 79.9. The monoisotopic (exact) mass is 589 g/mol. The summed E-state index contributed by atoms with van der Waals surface area (Å²) in [6, 6.07) is 29.3. The number of nitrogens with zero attached hydrogens (tertiary/aromatic N) is 3. The summed E-state index contributed by atoms with van der Waals surface area (Å²) in [6.45, 7) is 9.38. The van der Waals surface area contributed by atoms with E-state index in [0.717, 1.165) is 22.8 Å². The summed E-state index contributed by atoms with van der Waals surface area (Å²) < 4.78 is 15.3. The van der Waals surface area contributed by atoms with E-state index in [9.17, 15) is 10.1 Å². The number of aromatic nitrogens is 1. The number of hydrogen-bond acceptors (Lipinski definition) is 4. The van der Waals surface area contributed by atoms with Crippen LogP contribution in [0.15, 0.2) is 100 Å². The van der Waals surface area contributed by atoms with Gasteiger partial charge in [-0.3, -0.25) is 10.1 Å². The topological polar surface area (TPSA) is 69.7 Å². The standard InChI is InChI=1S/C30H29BrN3O3P/c1-5-33-28-14-10-9-13-24(28)25-20-23(16-18-29(25)33)38(30(2,3)4,37-22-11-7-6-8-12-22)32-27-19-21(34(35)36)15-17-26(27)31/h6-20H,5H2,1-4H3/t38-/m0/s1. The summed E-state index contributed by atoms with van der Waals surface area (Å²) >= 11 is 3.58. The second-order valence-corrected chi connectivity index (χ2v) is 14.4. The molecule has 1 heterocycles. The molecular weight excluding hydrogens is 561 g/mol. The Morgan fingerprint density at radius 3 is 2.29 bits per heavy atom. The molecule has 0 unspecified atom stereocenters. The number of para-hydroxylation sites is 2. The third-order valence-electron chi connectivity index (χ3n) is 6.70. The van der Waals surface area contributed by atoms with E-state index in [1.807, 2.05) is 30.3 Å². The first-order valence-electron chi connectivity index (χ1n) is 12.5. The zero-order valence-corrected chi connectivity index (χ0v) is 24.2. The fourth-order valence-corrected chi connectivity index (χ4v) is 8.41. The van der Waals surface area contributed by atoms with Crippen molar-refractivity contribution in [3.8, 4) is 5.75 Å². The molecule has 0 amide bonds. The highest BCUT2D eigenvalue weighted by Crippen LogP contribution is 2.62. The highest BCUT2D eigenvalue weighted by Gasteiger charge is 2.39. The molecule has 5 rings (SSSR count). The molecule has 0 bridgehead atoms. The molecule has 0 radical (unpaired) electrons. The van der Waals surface area contributed by atoms with Crippen molar-refractivity contribution in [3.63, 3.8) is 0 Å². The van der Waals surface area contributed by atoms with Gasteiger partial charge >= 0.3 is 0 Å². The quantitative estimate of drug-likeness (QED) is 0.112. The first-order valence-corrected chi connectivity index (χ1v) is 14.9. The Morgan fingerprint density at radius 1 is 0.921 bits per heavy atom. The Morgan fingerprint density at radius 2 is 1.61 bits per heavy atom. The molecule has 8 heteroatoms. The lowest BCUT2D eigenvalue weighted by Crippen LogP contribution is -2.27. The molecule has 5 aromatic rings. The van der Waals surface area contributed by atoms with E-state index in [-0.39, 0.29) is 5.69 Å². The van der Waals surface area contributed by atoms with Gasteiger partial charge in [-0.05, 0) is 65.3 Å². The second-order valence-electron chi connectivity index (χ2n) is 10.1. The Labute approximate surface area is 230 Å². The fraction of sp³-hybridized carbons (Fsp3) is 0.200.